The largest absolute Gasteiger partial charge is 0.314 e. The van der Waals surface area contributed by atoms with Gasteiger partial charge in [-0.1, -0.05) is 44.2 Å². The fourth-order valence-corrected chi connectivity index (χ4v) is 1.64. The van der Waals surface area contributed by atoms with Gasteiger partial charge in [-0.05, 0) is 37.8 Å². The number of benzene rings is 1. The van der Waals surface area contributed by atoms with Crippen LogP contribution in [-0.4, -0.2) is 12.6 Å². The predicted octanol–water partition coefficient (Wildman–Crippen LogP) is 3.57. The summed E-state index contributed by atoms with van der Waals surface area (Å²) in [4.78, 5) is 0. The van der Waals surface area contributed by atoms with Crippen LogP contribution in [0.25, 0.3) is 0 Å². The van der Waals surface area contributed by atoms with Gasteiger partial charge in [0, 0.05) is 6.04 Å². The van der Waals surface area contributed by atoms with Crippen LogP contribution in [0.3, 0.4) is 0 Å². The quantitative estimate of drug-likeness (QED) is 0.748. The molecule has 2 unspecified atom stereocenters. The van der Waals surface area contributed by atoms with Crippen LogP contribution in [0.4, 0.5) is 0 Å². The summed E-state index contributed by atoms with van der Waals surface area (Å²) < 4.78 is 0. The first kappa shape index (κ1) is 12.3. The minimum atomic E-state index is 0.646. The van der Waals surface area contributed by atoms with Crippen molar-refractivity contribution in [3.63, 3.8) is 0 Å². The molecule has 2 atom stereocenters. The third-order valence-electron chi connectivity index (χ3n) is 3.05. The monoisotopic (exact) mass is 205 g/mol. The Morgan fingerprint density at radius 1 is 1.13 bits per heavy atom. The first-order valence-corrected chi connectivity index (χ1v) is 6.02. The molecule has 1 rings (SSSR count). The van der Waals surface area contributed by atoms with Crippen molar-refractivity contribution in [2.24, 2.45) is 0 Å². The van der Waals surface area contributed by atoms with E-state index in [1.54, 1.807) is 0 Å². The molecule has 0 fully saturated rings. The lowest BCUT2D eigenvalue weighted by Crippen LogP contribution is -2.26. The van der Waals surface area contributed by atoms with Crippen LogP contribution >= 0.6 is 0 Å². The molecule has 0 aliphatic rings. The maximum Gasteiger partial charge on any atom is 0.00361 e. The number of hydrogen-bond acceptors (Lipinski definition) is 1. The van der Waals surface area contributed by atoms with Crippen molar-refractivity contribution < 1.29 is 0 Å². The van der Waals surface area contributed by atoms with Crippen molar-refractivity contribution in [3.8, 4) is 0 Å². The summed E-state index contributed by atoms with van der Waals surface area (Å²) in [5, 5.41) is 3.53. The molecule has 1 aromatic carbocycles. The van der Waals surface area contributed by atoms with Crippen LogP contribution in [0.2, 0.25) is 0 Å². The SMILES string of the molecule is CCC(C)NCCC(C)c1ccccc1. The molecule has 0 spiro atoms. The van der Waals surface area contributed by atoms with E-state index in [0.29, 0.717) is 12.0 Å². The number of rotatable bonds is 6. The van der Waals surface area contributed by atoms with E-state index in [1.165, 1.54) is 18.4 Å². The first-order valence-electron chi connectivity index (χ1n) is 6.02. The number of hydrogen-bond donors (Lipinski definition) is 1. The minimum Gasteiger partial charge on any atom is -0.314 e. The van der Waals surface area contributed by atoms with E-state index in [1.807, 2.05) is 0 Å². The van der Waals surface area contributed by atoms with Gasteiger partial charge in [-0.15, -0.1) is 0 Å². The van der Waals surface area contributed by atoms with Gasteiger partial charge in [-0.25, -0.2) is 0 Å². The molecular formula is C14H23N. The third kappa shape index (κ3) is 4.48. The van der Waals surface area contributed by atoms with Gasteiger partial charge in [0.2, 0.25) is 0 Å². The van der Waals surface area contributed by atoms with E-state index in [9.17, 15) is 0 Å². The second-order valence-electron chi connectivity index (χ2n) is 4.36. The van der Waals surface area contributed by atoms with Crippen LogP contribution in [0, 0.1) is 0 Å². The van der Waals surface area contributed by atoms with Gasteiger partial charge < -0.3 is 5.32 Å². The van der Waals surface area contributed by atoms with E-state index < -0.39 is 0 Å². The number of nitrogens with one attached hydrogen (secondary N) is 1. The Hall–Kier alpha value is -0.820. The Labute approximate surface area is 93.9 Å². The van der Waals surface area contributed by atoms with Crippen LogP contribution in [-0.2, 0) is 0 Å². The van der Waals surface area contributed by atoms with Crippen LogP contribution in [0.5, 0.6) is 0 Å². The second-order valence-corrected chi connectivity index (χ2v) is 4.36. The lowest BCUT2D eigenvalue weighted by atomic mass is 9.98. The Bertz CT molecular complexity index is 255. The van der Waals surface area contributed by atoms with Crippen molar-refractivity contribution in [3.05, 3.63) is 35.9 Å². The van der Waals surface area contributed by atoms with E-state index in [2.05, 4.69) is 56.4 Å². The average Bonchev–Trinajstić information content (AvgIpc) is 2.29. The average molecular weight is 205 g/mol. The molecule has 1 heteroatoms. The molecule has 1 aromatic rings. The summed E-state index contributed by atoms with van der Waals surface area (Å²) >= 11 is 0. The van der Waals surface area contributed by atoms with Gasteiger partial charge in [0.1, 0.15) is 0 Å². The standard InChI is InChI=1S/C14H23N/c1-4-13(3)15-11-10-12(2)14-8-6-5-7-9-14/h5-9,12-13,15H,4,10-11H2,1-3H3. The molecule has 0 heterocycles. The van der Waals surface area contributed by atoms with E-state index in [4.69, 9.17) is 0 Å². The fraction of sp³-hybridized carbons (Fsp3) is 0.571. The van der Waals surface area contributed by atoms with Crippen LogP contribution < -0.4 is 5.32 Å². The Morgan fingerprint density at radius 3 is 2.40 bits per heavy atom. The van der Waals surface area contributed by atoms with Gasteiger partial charge in [0.05, 0.1) is 0 Å². The molecule has 15 heavy (non-hydrogen) atoms. The van der Waals surface area contributed by atoms with Gasteiger partial charge in [-0.2, -0.15) is 0 Å². The summed E-state index contributed by atoms with van der Waals surface area (Å²) in [6.45, 7) is 7.88. The van der Waals surface area contributed by atoms with Crippen molar-refractivity contribution in [1.82, 2.24) is 5.32 Å². The van der Waals surface area contributed by atoms with Gasteiger partial charge in [0.25, 0.3) is 0 Å². The smallest absolute Gasteiger partial charge is 0.00361 e. The second kappa shape index (κ2) is 6.62. The fourth-order valence-electron chi connectivity index (χ4n) is 1.64. The van der Waals surface area contributed by atoms with E-state index >= 15 is 0 Å². The third-order valence-corrected chi connectivity index (χ3v) is 3.05. The Morgan fingerprint density at radius 2 is 1.80 bits per heavy atom. The molecule has 0 amide bonds. The molecule has 84 valence electrons. The first-order chi connectivity index (χ1) is 7.24. The zero-order valence-electron chi connectivity index (χ0n) is 10.2. The van der Waals surface area contributed by atoms with Crippen molar-refractivity contribution in [2.75, 3.05) is 6.54 Å². The van der Waals surface area contributed by atoms with Gasteiger partial charge >= 0.3 is 0 Å². The molecule has 1 nitrogen and oxygen atoms in total. The highest BCUT2D eigenvalue weighted by atomic mass is 14.9. The Balaban J connectivity index is 2.28. The molecule has 0 aliphatic heterocycles. The van der Waals surface area contributed by atoms with E-state index in [-0.39, 0.29) is 0 Å². The zero-order chi connectivity index (χ0) is 11.1. The molecule has 0 aliphatic carbocycles. The molecule has 0 radical (unpaired) electrons. The van der Waals surface area contributed by atoms with Crippen LogP contribution in [0.15, 0.2) is 30.3 Å². The highest BCUT2D eigenvalue weighted by molar-refractivity contribution is 5.18. The molecule has 0 saturated heterocycles. The van der Waals surface area contributed by atoms with E-state index in [0.717, 1.165) is 6.54 Å². The zero-order valence-corrected chi connectivity index (χ0v) is 10.2. The molecule has 0 aromatic heterocycles. The van der Waals surface area contributed by atoms with Crippen molar-refractivity contribution in [2.45, 2.75) is 45.6 Å². The lowest BCUT2D eigenvalue weighted by molar-refractivity contribution is 0.505. The topological polar surface area (TPSA) is 12.0 Å². The van der Waals surface area contributed by atoms with Crippen molar-refractivity contribution >= 4 is 0 Å². The highest BCUT2D eigenvalue weighted by Crippen LogP contribution is 2.17. The lowest BCUT2D eigenvalue weighted by Gasteiger charge is -2.15. The van der Waals surface area contributed by atoms with Crippen LogP contribution in [0.1, 0.15) is 45.1 Å². The van der Waals surface area contributed by atoms with Crippen molar-refractivity contribution in [1.29, 1.82) is 0 Å². The summed E-state index contributed by atoms with van der Waals surface area (Å²) in [5.41, 5.74) is 1.45. The summed E-state index contributed by atoms with van der Waals surface area (Å²) in [7, 11) is 0. The maximum atomic E-state index is 3.53. The highest BCUT2D eigenvalue weighted by Gasteiger charge is 2.04. The predicted molar refractivity (Wildman–Crippen MR) is 67.2 cm³/mol. The molecular weight excluding hydrogens is 182 g/mol. The van der Waals surface area contributed by atoms with Gasteiger partial charge in [-0.3, -0.25) is 0 Å². The maximum absolute atomic E-state index is 3.53. The van der Waals surface area contributed by atoms with Gasteiger partial charge in [0.15, 0.2) is 0 Å². The Kier molecular flexibility index (Phi) is 5.41. The minimum absolute atomic E-state index is 0.646. The normalized spacial score (nSPS) is 14.9. The summed E-state index contributed by atoms with van der Waals surface area (Å²) in [6, 6.07) is 11.4. The summed E-state index contributed by atoms with van der Waals surface area (Å²) in [6.07, 6.45) is 2.42. The summed E-state index contributed by atoms with van der Waals surface area (Å²) in [5.74, 6) is 0.655. The molecule has 0 saturated carbocycles. The molecule has 1 N–H and O–H groups in total. The molecule has 0 bridgehead atoms.